The molecule has 308 valence electrons. The molecule has 0 spiro atoms. The molecule has 0 N–H and O–H groups in total. The Morgan fingerprint density at radius 3 is 1.43 bits per heavy atom. The van der Waals surface area contributed by atoms with Gasteiger partial charge in [0.05, 0.1) is 0 Å². The molecule has 0 atom stereocenters. The number of rotatable bonds is 2. The van der Waals surface area contributed by atoms with Gasteiger partial charge in [-0.2, -0.15) is 0 Å². The third-order valence-electron chi connectivity index (χ3n) is 15.2. The molecule has 2 aliphatic carbocycles. The topological polar surface area (TPSA) is 0 Å². The molecule has 0 aromatic heterocycles. The summed E-state index contributed by atoms with van der Waals surface area (Å²) in [7, 11) is 0. The molecule has 0 radical (unpaired) electrons. The van der Waals surface area contributed by atoms with Gasteiger partial charge < -0.3 is 0 Å². The highest BCUT2D eigenvalue weighted by Gasteiger charge is 2.41. The molecule has 0 bridgehead atoms. The third-order valence-corrected chi connectivity index (χ3v) is 15.2. The van der Waals surface area contributed by atoms with Gasteiger partial charge in [-0.05, 0) is 160 Å². The van der Waals surface area contributed by atoms with Gasteiger partial charge in [0, 0.05) is 5.41 Å². The Morgan fingerprint density at radius 2 is 0.810 bits per heavy atom. The summed E-state index contributed by atoms with van der Waals surface area (Å²) in [5.74, 6) is 0. The molecule has 0 heterocycles. The lowest BCUT2D eigenvalue weighted by Crippen LogP contribution is -2.19. The molecule has 12 rings (SSSR count). The first-order valence-corrected chi connectivity index (χ1v) is 23.1. The smallest absolute Gasteiger partial charge is 0.0159 e. The van der Waals surface area contributed by atoms with Crippen LogP contribution in [-0.4, -0.2) is 0 Å². The minimum atomic E-state index is -0.167. The molecule has 10 aromatic carbocycles. The van der Waals surface area contributed by atoms with Crippen molar-refractivity contribution in [3.63, 3.8) is 0 Å². The average Bonchev–Trinajstić information content (AvgIpc) is 3.69. The second kappa shape index (κ2) is 12.5. The van der Waals surface area contributed by atoms with Crippen LogP contribution in [0.15, 0.2) is 140 Å². The van der Waals surface area contributed by atoms with E-state index in [0.717, 1.165) is 0 Å². The van der Waals surface area contributed by atoms with Gasteiger partial charge in [0.15, 0.2) is 0 Å². The van der Waals surface area contributed by atoms with Gasteiger partial charge in [0.1, 0.15) is 0 Å². The van der Waals surface area contributed by atoms with Crippen LogP contribution in [0, 0.1) is 0 Å². The molecule has 0 saturated carbocycles. The van der Waals surface area contributed by atoms with Crippen molar-refractivity contribution in [1.82, 2.24) is 0 Å². The van der Waals surface area contributed by atoms with Gasteiger partial charge in [-0.1, -0.05) is 210 Å². The van der Waals surface area contributed by atoms with Crippen molar-refractivity contribution in [2.24, 2.45) is 0 Å². The monoisotopic (exact) mass is 812 g/mol. The first-order valence-electron chi connectivity index (χ1n) is 23.1. The normalized spacial score (nSPS) is 14.4. The van der Waals surface area contributed by atoms with Gasteiger partial charge >= 0.3 is 0 Å². The number of benzene rings is 10. The van der Waals surface area contributed by atoms with Gasteiger partial charge in [0.2, 0.25) is 0 Å². The van der Waals surface area contributed by atoms with E-state index in [4.69, 9.17) is 0 Å². The largest absolute Gasteiger partial charge is 0.0616 e. The van der Waals surface area contributed by atoms with Gasteiger partial charge in [-0.25, -0.2) is 0 Å². The summed E-state index contributed by atoms with van der Waals surface area (Å²) in [6, 6.07) is 55.0. The molecule has 0 amide bonds. The molecular formula is C63H56. The van der Waals surface area contributed by atoms with Crippen LogP contribution in [0.5, 0.6) is 0 Å². The minimum absolute atomic E-state index is 0.0527. The summed E-state index contributed by atoms with van der Waals surface area (Å²) >= 11 is 0. The van der Waals surface area contributed by atoms with E-state index in [-0.39, 0.29) is 21.7 Å². The van der Waals surface area contributed by atoms with Crippen molar-refractivity contribution in [2.45, 2.75) is 97.8 Å². The van der Waals surface area contributed by atoms with E-state index in [9.17, 15) is 0 Å². The van der Waals surface area contributed by atoms with E-state index in [1.54, 1.807) is 0 Å². The van der Waals surface area contributed by atoms with Crippen LogP contribution in [-0.2, 0) is 21.7 Å². The fourth-order valence-electron chi connectivity index (χ4n) is 11.7. The molecule has 2 aliphatic rings. The zero-order chi connectivity index (χ0) is 43.7. The standard InChI is InChI=1S/C63H56/c1-60(2,3)39-26-29-46-50(33-39)63(10,11)51-34-41(62(7,8)9)32-49(55(46)51)57-43-19-13-12-18-42(43)56(58-47-20-14-16-35-17-15-21-48(53(35)47)59(57)58)45-27-24-36-22-23-37-30-40(61(4,5)6)31-38-25-28-44(45)54(36)52(37)38/h12-34H,1-11H3. The minimum Gasteiger partial charge on any atom is -0.0616 e. The van der Waals surface area contributed by atoms with Crippen LogP contribution in [0.1, 0.15) is 104 Å². The van der Waals surface area contributed by atoms with Crippen molar-refractivity contribution in [3.8, 4) is 55.6 Å². The lowest BCUT2D eigenvalue weighted by atomic mass is 9.75. The predicted molar refractivity (Wildman–Crippen MR) is 274 cm³/mol. The lowest BCUT2D eigenvalue weighted by Gasteiger charge is -2.28. The molecule has 0 heteroatoms. The van der Waals surface area contributed by atoms with E-state index in [0.29, 0.717) is 0 Å². The molecule has 0 unspecified atom stereocenters. The average molecular weight is 813 g/mol. The van der Waals surface area contributed by atoms with Crippen LogP contribution in [0.25, 0.3) is 109 Å². The Kier molecular flexibility index (Phi) is 7.61. The zero-order valence-electron chi connectivity index (χ0n) is 38.8. The maximum atomic E-state index is 2.58. The summed E-state index contributed by atoms with van der Waals surface area (Å²) in [5.41, 5.74) is 20.4. The molecular weight excluding hydrogens is 757 g/mol. The van der Waals surface area contributed by atoms with E-state index in [2.05, 4.69) is 216 Å². The second-order valence-corrected chi connectivity index (χ2v) is 22.5. The van der Waals surface area contributed by atoms with Crippen LogP contribution in [0.3, 0.4) is 0 Å². The molecule has 0 fully saturated rings. The van der Waals surface area contributed by atoms with E-state index in [1.165, 1.54) is 137 Å². The molecule has 0 saturated heterocycles. The SMILES string of the molecule is CC(C)(C)c1ccc2c(c1)C(C)(C)c1cc(C(C)(C)C)cc(-c3c4c(c(-c5ccc6ccc7cc(C(C)(C)C)cc8ccc5c6c78)c5ccccc35)-c3cccc5cccc-4c35)c1-2. The van der Waals surface area contributed by atoms with Crippen LogP contribution >= 0.6 is 0 Å². The highest BCUT2D eigenvalue weighted by Crippen LogP contribution is 2.62. The van der Waals surface area contributed by atoms with E-state index in [1.807, 2.05) is 0 Å². The van der Waals surface area contributed by atoms with Gasteiger partial charge in [-0.15, -0.1) is 0 Å². The number of fused-ring (bicyclic) bond motifs is 7. The molecule has 0 nitrogen and oxygen atoms in total. The van der Waals surface area contributed by atoms with Crippen LogP contribution in [0.2, 0.25) is 0 Å². The molecule has 63 heavy (non-hydrogen) atoms. The Hall–Kier alpha value is -6.24. The summed E-state index contributed by atoms with van der Waals surface area (Å²) in [5, 5.41) is 13.2. The third kappa shape index (κ3) is 5.28. The Morgan fingerprint density at radius 1 is 0.302 bits per heavy atom. The number of hydrogen-bond donors (Lipinski definition) is 0. The fourth-order valence-corrected chi connectivity index (χ4v) is 11.7. The Balaban J connectivity index is 1.25. The van der Waals surface area contributed by atoms with E-state index < -0.39 is 0 Å². The van der Waals surface area contributed by atoms with E-state index >= 15 is 0 Å². The maximum Gasteiger partial charge on any atom is 0.0159 e. The van der Waals surface area contributed by atoms with Crippen LogP contribution < -0.4 is 0 Å². The zero-order valence-corrected chi connectivity index (χ0v) is 38.8. The van der Waals surface area contributed by atoms with Crippen molar-refractivity contribution >= 4 is 53.9 Å². The first-order chi connectivity index (χ1) is 29.9. The van der Waals surface area contributed by atoms with Gasteiger partial charge in [-0.3, -0.25) is 0 Å². The summed E-state index contributed by atoms with van der Waals surface area (Å²) in [4.78, 5) is 0. The van der Waals surface area contributed by atoms with Crippen molar-refractivity contribution < 1.29 is 0 Å². The van der Waals surface area contributed by atoms with Gasteiger partial charge in [0.25, 0.3) is 0 Å². The summed E-state index contributed by atoms with van der Waals surface area (Å²) < 4.78 is 0. The summed E-state index contributed by atoms with van der Waals surface area (Å²) in [6.07, 6.45) is 0. The molecule has 0 aliphatic heterocycles. The Bertz CT molecular complexity index is 3600. The lowest BCUT2D eigenvalue weighted by molar-refractivity contribution is 0.580. The van der Waals surface area contributed by atoms with Crippen molar-refractivity contribution in [3.05, 3.63) is 167 Å². The Labute approximate surface area is 373 Å². The fraction of sp³-hybridized carbons (Fsp3) is 0.238. The molecule has 10 aromatic rings. The van der Waals surface area contributed by atoms with Crippen molar-refractivity contribution in [1.29, 1.82) is 0 Å². The van der Waals surface area contributed by atoms with Crippen LogP contribution in [0.4, 0.5) is 0 Å². The number of hydrogen-bond acceptors (Lipinski definition) is 0. The highest BCUT2D eigenvalue weighted by atomic mass is 14.4. The van der Waals surface area contributed by atoms with Crippen molar-refractivity contribution in [2.75, 3.05) is 0 Å². The summed E-state index contributed by atoms with van der Waals surface area (Å²) in [6.45, 7) is 26.0. The first kappa shape index (κ1) is 38.4. The predicted octanol–water partition coefficient (Wildman–Crippen LogP) is 18.1. The maximum absolute atomic E-state index is 2.58. The second-order valence-electron chi connectivity index (χ2n) is 22.5. The highest BCUT2D eigenvalue weighted by molar-refractivity contribution is 6.32. The quantitative estimate of drug-likeness (QED) is 0.153.